The van der Waals surface area contributed by atoms with Gasteiger partial charge in [-0.2, -0.15) is 0 Å². The monoisotopic (exact) mass is 334 g/mol. The van der Waals surface area contributed by atoms with Crippen molar-refractivity contribution in [3.05, 3.63) is 35.5 Å². The van der Waals surface area contributed by atoms with Crippen LogP contribution in [0.1, 0.15) is 59.3 Å². The summed E-state index contributed by atoms with van der Waals surface area (Å²) < 4.78 is 5.62. The summed E-state index contributed by atoms with van der Waals surface area (Å²) in [5.74, 6) is -0.569. The third-order valence-corrected chi connectivity index (χ3v) is 5.53. The van der Waals surface area contributed by atoms with Gasteiger partial charge in [-0.25, -0.2) is 4.79 Å². The van der Waals surface area contributed by atoms with Crippen LogP contribution in [0.15, 0.2) is 35.5 Å². The van der Waals surface area contributed by atoms with Crippen LogP contribution < -0.4 is 0 Å². The molecular weight excluding hydrogens is 304 g/mol. The highest BCUT2D eigenvalue weighted by molar-refractivity contribution is 5.89. The van der Waals surface area contributed by atoms with Crippen LogP contribution in [0.4, 0.5) is 0 Å². The number of ether oxygens (including phenoxy) is 1. The van der Waals surface area contributed by atoms with Gasteiger partial charge in [0.1, 0.15) is 5.60 Å². The second-order valence-corrected chi connectivity index (χ2v) is 7.50. The predicted octanol–water partition coefficient (Wildman–Crippen LogP) is 3.44. The highest BCUT2D eigenvalue weighted by Gasteiger charge is 2.41. The minimum atomic E-state index is -0.894. The molecule has 0 amide bonds. The first-order valence-corrected chi connectivity index (χ1v) is 8.83. The van der Waals surface area contributed by atoms with Crippen LogP contribution >= 0.6 is 0 Å². The lowest BCUT2D eigenvalue weighted by atomic mass is 9.83. The van der Waals surface area contributed by atoms with E-state index in [1.165, 1.54) is 5.57 Å². The molecule has 1 heterocycles. The molecule has 4 heteroatoms. The van der Waals surface area contributed by atoms with Gasteiger partial charge in [0.25, 0.3) is 0 Å². The standard InChI is InChI=1S/C20H30O4/c1-13-6-5-7-14(2)17(21)12-16-10-11-20(4,18(22)9-8-13)24-19(23)15(16)3/h6-7,16-18,21-22H,3,5,8-12H2,1-2,4H3/b13-6+,14-7+/t16?,17-,18-,20-/m0/s1. The third kappa shape index (κ3) is 4.37. The second kappa shape index (κ2) is 7.66. The zero-order chi connectivity index (χ0) is 17.9. The maximum atomic E-state index is 12.4. The lowest BCUT2D eigenvalue weighted by molar-refractivity contribution is -0.165. The van der Waals surface area contributed by atoms with Gasteiger partial charge < -0.3 is 14.9 Å². The molecule has 0 radical (unpaired) electrons. The van der Waals surface area contributed by atoms with Gasteiger partial charge in [0.15, 0.2) is 0 Å². The largest absolute Gasteiger partial charge is 0.453 e. The van der Waals surface area contributed by atoms with E-state index in [0.29, 0.717) is 31.3 Å². The zero-order valence-corrected chi connectivity index (χ0v) is 15.0. The zero-order valence-electron chi connectivity index (χ0n) is 15.0. The number of hydrogen-bond donors (Lipinski definition) is 2. The lowest BCUT2D eigenvalue weighted by Crippen LogP contribution is -2.43. The number of allylic oxidation sites excluding steroid dienone is 3. The van der Waals surface area contributed by atoms with E-state index in [0.717, 1.165) is 18.4 Å². The van der Waals surface area contributed by atoms with Crippen molar-refractivity contribution < 1.29 is 19.7 Å². The van der Waals surface area contributed by atoms with Crippen molar-refractivity contribution in [2.45, 2.75) is 77.1 Å². The summed E-state index contributed by atoms with van der Waals surface area (Å²) >= 11 is 0. The molecule has 1 unspecified atom stereocenters. The number of esters is 1. The van der Waals surface area contributed by atoms with E-state index >= 15 is 0 Å². The molecule has 24 heavy (non-hydrogen) atoms. The Kier molecular flexibility index (Phi) is 6.05. The van der Waals surface area contributed by atoms with Crippen LogP contribution in [0.2, 0.25) is 0 Å². The van der Waals surface area contributed by atoms with Crippen molar-refractivity contribution >= 4 is 5.97 Å². The number of aliphatic hydroxyl groups excluding tert-OH is 2. The molecule has 2 N–H and O–H groups in total. The van der Waals surface area contributed by atoms with Crippen molar-refractivity contribution in [3.63, 3.8) is 0 Å². The molecule has 4 atom stereocenters. The quantitative estimate of drug-likeness (QED) is 0.404. The first-order valence-electron chi connectivity index (χ1n) is 8.83. The molecule has 2 rings (SSSR count). The normalized spacial score (nSPS) is 40.6. The second-order valence-electron chi connectivity index (χ2n) is 7.50. The van der Waals surface area contributed by atoms with Crippen molar-refractivity contribution in [1.82, 2.24) is 0 Å². The van der Waals surface area contributed by atoms with Crippen LogP contribution in [-0.2, 0) is 9.53 Å². The van der Waals surface area contributed by atoms with E-state index in [2.05, 4.69) is 12.7 Å². The summed E-state index contributed by atoms with van der Waals surface area (Å²) in [6.07, 6.45) is 6.65. The smallest absolute Gasteiger partial charge is 0.334 e. The number of hydrogen-bond acceptors (Lipinski definition) is 4. The highest BCUT2D eigenvalue weighted by atomic mass is 16.6. The van der Waals surface area contributed by atoms with Gasteiger partial charge in [0.2, 0.25) is 0 Å². The minimum absolute atomic E-state index is 0.120. The maximum Gasteiger partial charge on any atom is 0.334 e. The van der Waals surface area contributed by atoms with Gasteiger partial charge in [-0.1, -0.05) is 24.3 Å². The van der Waals surface area contributed by atoms with E-state index in [-0.39, 0.29) is 5.92 Å². The molecule has 0 spiro atoms. The SMILES string of the molecule is C=C1C(=O)O[C@@]2(C)CCC1C[C@H](O)/C(C)=C/C/C=C(\C)CC[C@@H]2O. The first kappa shape index (κ1) is 18.9. The van der Waals surface area contributed by atoms with Gasteiger partial charge in [-0.3, -0.25) is 0 Å². The average Bonchev–Trinajstić information content (AvgIpc) is 2.64. The molecule has 0 aromatic carbocycles. The van der Waals surface area contributed by atoms with E-state index in [9.17, 15) is 15.0 Å². The summed E-state index contributed by atoms with van der Waals surface area (Å²) in [6, 6.07) is 0. The van der Waals surface area contributed by atoms with Gasteiger partial charge >= 0.3 is 5.97 Å². The molecule has 1 aliphatic heterocycles. The Bertz CT molecular complexity index is 560. The Morgan fingerprint density at radius 2 is 1.96 bits per heavy atom. The molecule has 1 saturated heterocycles. The molecule has 0 saturated carbocycles. The first-order chi connectivity index (χ1) is 11.2. The van der Waals surface area contributed by atoms with Gasteiger partial charge in [0.05, 0.1) is 12.2 Å². The minimum Gasteiger partial charge on any atom is -0.453 e. The molecule has 1 aliphatic carbocycles. The lowest BCUT2D eigenvalue weighted by Gasteiger charge is -2.33. The van der Waals surface area contributed by atoms with Crippen LogP contribution in [0.3, 0.4) is 0 Å². The Morgan fingerprint density at radius 1 is 1.25 bits per heavy atom. The van der Waals surface area contributed by atoms with Gasteiger partial charge in [-0.05, 0) is 70.8 Å². The molecule has 134 valence electrons. The maximum absolute atomic E-state index is 12.4. The Morgan fingerprint density at radius 3 is 2.67 bits per heavy atom. The molecule has 4 nitrogen and oxygen atoms in total. The summed E-state index contributed by atoms with van der Waals surface area (Å²) in [5.41, 5.74) is 1.62. The van der Waals surface area contributed by atoms with Crippen LogP contribution in [0, 0.1) is 5.92 Å². The van der Waals surface area contributed by atoms with Crippen LogP contribution in [-0.4, -0.2) is 34.0 Å². The van der Waals surface area contributed by atoms with Crippen LogP contribution in [0.25, 0.3) is 0 Å². The Labute approximate surface area is 144 Å². The summed E-state index contributed by atoms with van der Waals surface area (Å²) in [6.45, 7) is 9.66. The Hall–Kier alpha value is -1.39. The number of aliphatic hydroxyl groups is 2. The number of carbonyl (C=O) groups excluding carboxylic acids is 1. The third-order valence-electron chi connectivity index (χ3n) is 5.53. The van der Waals surface area contributed by atoms with Crippen molar-refractivity contribution in [2.75, 3.05) is 0 Å². The van der Waals surface area contributed by atoms with E-state index in [1.807, 2.05) is 19.9 Å². The molecule has 1 fully saturated rings. The molecular formula is C20H30O4. The number of carbonyl (C=O) groups is 1. The molecule has 0 aromatic rings. The summed E-state index contributed by atoms with van der Waals surface area (Å²) in [5, 5.41) is 21.1. The number of fused-ring (bicyclic) bond motifs is 3. The number of rotatable bonds is 0. The van der Waals surface area contributed by atoms with Gasteiger partial charge in [0, 0.05) is 5.57 Å². The Balaban J connectivity index is 2.33. The van der Waals surface area contributed by atoms with E-state index in [4.69, 9.17) is 4.74 Å². The topological polar surface area (TPSA) is 66.8 Å². The van der Waals surface area contributed by atoms with E-state index in [1.54, 1.807) is 6.92 Å². The van der Waals surface area contributed by atoms with Gasteiger partial charge in [-0.15, -0.1) is 0 Å². The fourth-order valence-corrected chi connectivity index (χ4v) is 3.43. The molecule has 2 bridgehead atoms. The molecule has 0 aromatic heterocycles. The van der Waals surface area contributed by atoms with Crippen molar-refractivity contribution in [2.24, 2.45) is 5.92 Å². The highest BCUT2D eigenvalue weighted by Crippen LogP contribution is 2.37. The summed E-state index contributed by atoms with van der Waals surface area (Å²) in [7, 11) is 0. The average molecular weight is 334 g/mol. The predicted molar refractivity (Wildman–Crippen MR) is 94.4 cm³/mol. The fourth-order valence-electron chi connectivity index (χ4n) is 3.43. The summed E-state index contributed by atoms with van der Waals surface area (Å²) in [4.78, 5) is 12.4. The fraction of sp³-hybridized carbons (Fsp3) is 0.650. The van der Waals surface area contributed by atoms with Crippen LogP contribution in [0.5, 0.6) is 0 Å². The van der Waals surface area contributed by atoms with E-state index < -0.39 is 23.8 Å². The van der Waals surface area contributed by atoms with Crippen molar-refractivity contribution in [3.8, 4) is 0 Å². The van der Waals surface area contributed by atoms with Crippen molar-refractivity contribution in [1.29, 1.82) is 0 Å². The molecule has 2 aliphatic rings.